The number of aromatic nitrogens is 2. The summed E-state index contributed by atoms with van der Waals surface area (Å²) in [4.78, 5) is 8.21. The van der Waals surface area contributed by atoms with E-state index in [1.54, 1.807) is 6.07 Å². The SMILES string of the molecule is CCC(C)Nc1cc(N)nc(C)n1. The number of hydrogen-bond acceptors (Lipinski definition) is 4. The smallest absolute Gasteiger partial charge is 0.131 e. The average molecular weight is 180 g/mol. The quantitative estimate of drug-likeness (QED) is 0.741. The van der Waals surface area contributed by atoms with Crippen LogP contribution in [0.2, 0.25) is 0 Å². The van der Waals surface area contributed by atoms with Crippen molar-refractivity contribution in [3.05, 3.63) is 11.9 Å². The second-order valence-corrected chi connectivity index (χ2v) is 3.18. The molecule has 0 bridgehead atoms. The Kier molecular flexibility index (Phi) is 3.06. The van der Waals surface area contributed by atoms with E-state index < -0.39 is 0 Å². The van der Waals surface area contributed by atoms with Crippen molar-refractivity contribution in [1.29, 1.82) is 0 Å². The fourth-order valence-electron chi connectivity index (χ4n) is 1.02. The van der Waals surface area contributed by atoms with E-state index in [0.717, 1.165) is 12.2 Å². The minimum atomic E-state index is 0.411. The number of nitrogen functional groups attached to an aromatic ring is 1. The highest BCUT2D eigenvalue weighted by Gasteiger charge is 2.01. The zero-order valence-corrected chi connectivity index (χ0v) is 8.33. The van der Waals surface area contributed by atoms with Crippen LogP contribution in [0.1, 0.15) is 26.1 Å². The summed E-state index contributed by atoms with van der Waals surface area (Å²) in [7, 11) is 0. The molecule has 0 aliphatic heterocycles. The van der Waals surface area contributed by atoms with Gasteiger partial charge in [0, 0.05) is 12.1 Å². The highest BCUT2D eigenvalue weighted by molar-refractivity contribution is 5.44. The largest absolute Gasteiger partial charge is 0.384 e. The molecule has 72 valence electrons. The molecule has 4 heteroatoms. The second kappa shape index (κ2) is 4.07. The lowest BCUT2D eigenvalue weighted by atomic mass is 10.2. The maximum atomic E-state index is 5.59. The van der Waals surface area contributed by atoms with Crippen molar-refractivity contribution in [3.63, 3.8) is 0 Å². The van der Waals surface area contributed by atoms with Crippen LogP contribution in [0, 0.1) is 6.92 Å². The van der Waals surface area contributed by atoms with Crippen LogP contribution in [0.3, 0.4) is 0 Å². The average Bonchev–Trinajstić information content (AvgIpc) is 2.02. The van der Waals surface area contributed by atoms with Gasteiger partial charge in [0.05, 0.1) is 0 Å². The van der Waals surface area contributed by atoms with Crippen molar-refractivity contribution in [2.24, 2.45) is 0 Å². The van der Waals surface area contributed by atoms with Crippen molar-refractivity contribution in [2.45, 2.75) is 33.2 Å². The number of nitrogens with zero attached hydrogens (tertiary/aromatic N) is 2. The van der Waals surface area contributed by atoms with Gasteiger partial charge in [0.1, 0.15) is 17.5 Å². The van der Waals surface area contributed by atoms with E-state index in [0.29, 0.717) is 17.7 Å². The topological polar surface area (TPSA) is 63.8 Å². The molecule has 0 radical (unpaired) electrons. The molecule has 0 aliphatic rings. The normalized spacial score (nSPS) is 12.5. The zero-order valence-electron chi connectivity index (χ0n) is 8.33. The lowest BCUT2D eigenvalue weighted by Crippen LogP contribution is -2.15. The van der Waals surface area contributed by atoms with Crippen molar-refractivity contribution in [3.8, 4) is 0 Å². The van der Waals surface area contributed by atoms with Crippen molar-refractivity contribution >= 4 is 11.6 Å². The standard InChI is InChI=1S/C9H16N4/c1-4-6(2)11-9-5-8(10)12-7(3)13-9/h5-6H,4H2,1-3H3,(H3,10,11,12,13). The predicted molar refractivity (Wildman–Crippen MR) is 54.6 cm³/mol. The maximum Gasteiger partial charge on any atom is 0.131 e. The fraction of sp³-hybridized carbons (Fsp3) is 0.556. The molecule has 1 unspecified atom stereocenters. The lowest BCUT2D eigenvalue weighted by Gasteiger charge is -2.12. The molecule has 1 aromatic heterocycles. The van der Waals surface area contributed by atoms with Crippen LogP contribution in [0.15, 0.2) is 6.07 Å². The molecule has 1 heterocycles. The number of anilines is 2. The molecule has 1 rings (SSSR count). The molecule has 0 amide bonds. The monoisotopic (exact) mass is 180 g/mol. The van der Waals surface area contributed by atoms with Crippen LogP contribution in [-0.4, -0.2) is 16.0 Å². The summed E-state index contributed by atoms with van der Waals surface area (Å²) in [5.74, 6) is 2.02. The molecular weight excluding hydrogens is 164 g/mol. The van der Waals surface area contributed by atoms with Crippen molar-refractivity contribution < 1.29 is 0 Å². The van der Waals surface area contributed by atoms with Gasteiger partial charge in [-0.2, -0.15) is 0 Å². The summed E-state index contributed by atoms with van der Waals surface area (Å²) in [5.41, 5.74) is 5.59. The Morgan fingerprint density at radius 2 is 2.23 bits per heavy atom. The van der Waals surface area contributed by atoms with Crippen molar-refractivity contribution in [1.82, 2.24) is 9.97 Å². The highest BCUT2D eigenvalue weighted by Crippen LogP contribution is 2.09. The van der Waals surface area contributed by atoms with Gasteiger partial charge in [0.15, 0.2) is 0 Å². The van der Waals surface area contributed by atoms with Gasteiger partial charge in [-0.1, -0.05) is 6.92 Å². The van der Waals surface area contributed by atoms with Crippen LogP contribution >= 0.6 is 0 Å². The first-order valence-electron chi connectivity index (χ1n) is 4.49. The third kappa shape index (κ3) is 2.89. The molecular formula is C9H16N4. The van der Waals surface area contributed by atoms with Gasteiger partial charge in [0.2, 0.25) is 0 Å². The first-order chi connectivity index (χ1) is 6.11. The highest BCUT2D eigenvalue weighted by atomic mass is 15.1. The third-order valence-electron chi connectivity index (χ3n) is 1.86. The summed E-state index contributed by atoms with van der Waals surface area (Å²) in [6.07, 6.45) is 1.06. The molecule has 1 atom stereocenters. The molecule has 0 fully saturated rings. The predicted octanol–water partition coefficient (Wildman–Crippen LogP) is 1.58. The van der Waals surface area contributed by atoms with Crippen LogP contribution in [-0.2, 0) is 0 Å². The number of rotatable bonds is 3. The molecule has 0 aromatic carbocycles. The van der Waals surface area contributed by atoms with Gasteiger partial charge in [-0.05, 0) is 20.3 Å². The van der Waals surface area contributed by atoms with Crippen LogP contribution in [0.5, 0.6) is 0 Å². The van der Waals surface area contributed by atoms with Gasteiger partial charge in [-0.25, -0.2) is 9.97 Å². The van der Waals surface area contributed by atoms with Gasteiger partial charge < -0.3 is 11.1 Å². The minimum absolute atomic E-state index is 0.411. The fourth-order valence-corrected chi connectivity index (χ4v) is 1.02. The number of nitrogens with one attached hydrogen (secondary N) is 1. The Balaban J connectivity index is 2.77. The Labute approximate surface area is 78.6 Å². The van der Waals surface area contributed by atoms with Gasteiger partial charge in [-0.15, -0.1) is 0 Å². The minimum Gasteiger partial charge on any atom is -0.384 e. The molecule has 0 saturated carbocycles. The Hall–Kier alpha value is -1.32. The van der Waals surface area contributed by atoms with Gasteiger partial charge in [-0.3, -0.25) is 0 Å². The van der Waals surface area contributed by atoms with E-state index in [9.17, 15) is 0 Å². The van der Waals surface area contributed by atoms with E-state index >= 15 is 0 Å². The zero-order chi connectivity index (χ0) is 9.84. The van der Waals surface area contributed by atoms with E-state index in [1.165, 1.54) is 0 Å². The summed E-state index contributed by atoms with van der Waals surface area (Å²) < 4.78 is 0. The summed E-state index contributed by atoms with van der Waals surface area (Å²) in [6.45, 7) is 6.06. The van der Waals surface area contributed by atoms with Crippen LogP contribution < -0.4 is 11.1 Å². The molecule has 0 spiro atoms. The Bertz CT molecular complexity index is 265. The molecule has 3 N–H and O–H groups in total. The number of nitrogens with two attached hydrogens (primary N) is 1. The van der Waals surface area contributed by atoms with Crippen LogP contribution in [0.25, 0.3) is 0 Å². The number of hydrogen-bond donors (Lipinski definition) is 2. The molecule has 13 heavy (non-hydrogen) atoms. The van der Waals surface area contributed by atoms with E-state index in [1.807, 2.05) is 6.92 Å². The molecule has 0 aliphatic carbocycles. The second-order valence-electron chi connectivity index (χ2n) is 3.18. The molecule has 4 nitrogen and oxygen atoms in total. The first-order valence-corrected chi connectivity index (χ1v) is 4.49. The Morgan fingerprint density at radius 3 is 2.77 bits per heavy atom. The van der Waals surface area contributed by atoms with Gasteiger partial charge >= 0.3 is 0 Å². The summed E-state index contributed by atoms with van der Waals surface area (Å²) in [6, 6.07) is 2.16. The first kappa shape index (κ1) is 9.77. The maximum absolute atomic E-state index is 5.59. The van der Waals surface area contributed by atoms with Crippen LogP contribution in [0.4, 0.5) is 11.6 Å². The van der Waals surface area contributed by atoms with E-state index in [-0.39, 0.29) is 0 Å². The van der Waals surface area contributed by atoms with E-state index in [2.05, 4.69) is 29.1 Å². The van der Waals surface area contributed by atoms with Gasteiger partial charge in [0.25, 0.3) is 0 Å². The number of aryl methyl sites for hydroxylation is 1. The molecule has 0 saturated heterocycles. The summed E-state index contributed by atoms with van der Waals surface area (Å²) in [5, 5.41) is 3.24. The van der Waals surface area contributed by atoms with E-state index in [4.69, 9.17) is 5.73 Å². The summed E-state index contributed by atoms with van der Waals surface area (Å²) >= 11 is 0. The third-order valence-corrected chi connectivity index (χ3v) is 1.86. The lowest BCUT2D eigenvalue weighted by molar-refractivity contribution is 0.757. The van der Waals surface area contributed by atoms with Crippen molar-refractivity contribution in [2.75, 3.05) is 11.1 Å². The Morgan fingerprint density at radius 1 is 1.54 bits per heavy atom. The molecule has 1 aromatic rings.